The Hall–Kier alpha value is -0.900. The molecule has 0 atom stereocenters. The van der Waals surface area contributed by atoms with E-state index in [0.29, 0.717) is 6.42 Å². The molecule has 0 spiro atoms. The van der Waals surface area contributed by atoms with Crippen LogP contribution in [0.2, 0.25) is 0 Å². The first-order valence-electron chi connectivity index (χ1n) is 5.78. The molecule has 0 amide bonds. The summed E-state index contributed by atoms with van der Waals surface area (Å²) in [5.41, 5.74) is 3.88. The fraction of sp³-hybridized carbons (Fsp3) is 0.571. The Kier molecular flexibility index (Phi) is 5.12. The lowest BCUT2D eigenvalue weighted by molar-refractivity contribution is -0.354. The van der Waals surface area contributed by atoms with Gasteiger partial charge in [0, 0.05) is 27.8 Å². The molecule has 0 bridgehead atoms. The van der Waals surface area contributed by atoms with Crippen molar-refractivity contribution in [1.82, 2.24) is 0 Å². The zero-order chi connectivity index (χ0) is 12.9. The van der Waals surface area contributed by atoms with Crippen LogP contribution in [0, 0.1) is 13.8 Å². The van der Waals surface area contributed by atoms with E-state index < -0.39 is 5.97 Å². The van der Waals surface area contributed by atoms with Crippen LogP contribution in [0.1, 0.15) is 23.1 Å². The molecule has 0 heterocycles. The van der Waals surface area contributed by atoms with Crippen molar-refractivity contribution in [1.29, 1.82) is 0 Å². The van der Waals surface area contributed by atoms with Crippen LogP contribution in [-0.4, -0.2) is 27.3 Å². The molecule has 0 radical (unpaired) electrons. The largest absolute Gasteiger partial charge is 0.331 e. The molecule has 1 rings (SSSR count). The lowest BCUT2D eigenvalue weighted by atomic mass is 10.0. The van der Waals surface area contributed by atoms with E-state index in [9.17, 15) is 0 Å². The first kappa shape index (κ1) is 14.2. The molecule has 3 heteroatoms. The highest BCUT2D eigenvalue weighted by Gasteiger charge is 2.28. The predicted molar refractivity (Wildman–Crippen MR) is 68.0 cm³/mol. The van der Waals surface area contributed by atoms with E-state index in [1.165, 1.54) is 16.7 Å². The van der Waals surface area contributed by atoms with Crippen molar-refractivity contribution in [2.24, 2.45) is 0 Å². The normalized spacial score (nSPS) is 11.8. The summed E-state index contributed by atoms with van der Waals surface area (Å²) in [6.07, 6.45) is 1.52. The van der Waals surface area contributed by atoms with Crippen molar-refractivity contribution in [3.63, 3.8) is 0 Å². The highest BCUT2D eigenvalue weighted by Crippen LogP contribution is 2.21. The zero-order valence-electron chi connectivity index (χ0n) is 11.4. The van der Waals surface area contributed by atoms with Gasteiger partial charge in [-0.15, -0.1) is 0 Å². The Morgan fingerprint density at radius 1 is 0.941 bits per heavy atom. The monoisotopic (exact) mass is 238 g/mol. The van der Waals surface area contributed by atoms with Crippen LogP contribution in [-0.2, 0) is 20.6 Å². The lowest BCUT2D eigenvalue weighted by Crippen LogP contribution is -2.36. The van der Waals surface area contributed by atoms with Crippen LogP contribution in [0.15, 0.2) is 18.2 Å². The highest BCUT2D eigenvalue weighted by atomic mass is 16.9. The minimum atomic E-state index is -0.932. The van der Waals surface area contributed by atoms with E-state index in [1.807, 2.05) is 0 Å². The van der Waals surface area contributed by atoms with Crippen molar-refractivity contribution in [2.75, 3.05) is 21.3 Å². The molecule has 1 aromatic carbocycles. The van der Waals surface area contributed by atoms with Crippen molar-refractivity contribution in [2.45, 2.75) is 32.7 Å². The molecular formula is C14H22O3. The van der Waals surface area contributed by atoms with Gasteiger partial charge in [-0.05, 0) is 37.0 Å². The average molecular weight is 238 g/mol. The number of methoxy groups -OCH3 is 3. The van der Waals surface area contributed by atoms with Crippen LogP contribution in [0.3, 0.4) is 0 Å². The Morgan fingerprint density at radius 3 is 2.00 bits per heavy atom. The second kappa shape index (κ2) is 6.15. The summed E-state index contributed by atoms with van der Waals surface area (Å²) in [5.74, 6) is -0.932. The van der Waals surface area contributed by atoms with Gasteiger partial charge < -0.3 is 14.2 Å². The number of hydrogen-bond acceptors (Lipinski definition) is 3. The van der Waals surface area contributed by atoms with Gasteiger partial charge in [-0.3, -0.25) is 0 Å². The van der Waals surface area contributed by atoms with Crippen LogP contribution in [0.5, 0.6) is 0 Å². The quantitative estimate of drug-likeness (QED) is 0.713. The first-order chi connectivity index (χ1) is 8.06. The summed E-state index contributed by atoms with van der Waals surface area (Å²) in [5, 5.41) is 0. The Morgan fingerprint density at radius 2 is 1.53 bits per heavy atom. The van der Waals surface area contributed by atoms with Crippen LogP contribution in [0.4, 0.5) is 0 Å². The summed E-state index contributed by atoms with van der Waals surface area (Å²) in [4.78, 5) is 0. The van der Waals surface area contributed by atoms with Gasteiger partial charge >= 0.3 is 0 Å². The maximum absolute atomic E-state index is 5.27. The van der Waals surface area contributed by atoms with E-state index in [1.54, 1.807) is 21.3 Å². The number of ether oxygens (including phenoxy) is 3. The summed E-state index contributed by atoms with van der Waals surface area (Å²) in [6, 6.07) is 6.47. The lowest BCUT2D eigenvalue weighted by Gasteiger charge is -2.28. The van der Waals surface area contributed by atoms with Crippen LogP contribution >= 0.6 is 0 Å². The highest BCUT2D eigenvalue weighted by molar-refractivity contribution is 5.29. The standard InChI is InChI=1S/C14H22O3/c1-11-6-7-13(10-12(11)2)8-9-14(15-3,16-4)17-5/h6-7,10H,8-9H2,1-5H3. The van der Waals surface area contributed by atoms with Gasteiger partial charge in [0.05, 0.1) is 0 Å². The molecular weight excluding hydrogens is 216 g/mol. The molecule has 0 saturated heterocycles. The number of hydrogen-bond donors (Lipinski definition) is 0. The second-order valence-corrected chi connectivity index (χ2v) is 4.21. The van der Waals surface area contributed by atoms with Gasteiger partial charge in [-0.1, -0.05) is 18.2 Å². The van der Waals surface area contributed by atoms with Gasteiger partial charge in [0.15, 0.2) is 0 Å². The molecule has 0 fully saturated rings. The second-order valence-electron chi connectivity index (χ2n) is 4.21. The molecule has 96 valence electrons. The molecule has 0 saturated carbocycles. The Balaban J connectivity index is 2.68. The van der Waals surface area contributed by atoms with E-state index in [-0.39, 0.29) is 0 Å². The number of rotatable bonds is 6. The molecule has 0 unspecified atom stereocenters. The van der Waals surface area contributed by atoms with Gasteiger partial charge in [0.2, 0.25) is 0 Å². The van der Waals surface area contributed by atoms with Gasteiger partial charge in [0.1, 0.15) is 0 Å². The Labute approximate surface area is 104 Å². The predicted octanol–water partition coefficient (Wildman–Crippen LogP) is 2.83. The summed E-state index contributed by atoms with van der Waals surface area (Å²) < 4.78 is 15.8. The van der Waals surface area contributed by atoms with Crippen molar-refractivity contribution in [3.8, 4) is 0 Å². The first-order valence-corrected chi connectivity index (χ1v) is 5.78. The minimum Gasteiger partial charge on any atom is -0.331 e. The van der Waals surface area contributed by atoms with Gasteiger partial charge in [-0.25, -0.2) is 0 Å². The molecule has 3 nitrogen and oxygen atoms in total. The molecule has 0 aliphatic heterocycles. The van der Waals surface area contributed by atoms with Crippen molar-refractivity contribution >= 4 is 0 Å². The van der Waals surface area contributed by atoms with Crippen molar-refractivity contribution < 1.29 is 14.2 Å². The van der Waals surface area contributed by atoms with Crippen LogP contribution in [0.25, 0.3) is 0 Å². The molecule has 0 aliphatic carbocycles. The molecule has 1 aromatic rings. The fourth-order valence-electron chi connectivity index (χ4n) is 1.81. The molecule has 0 aromatic heterocycles. The third kappa shape index (κ3) is 3.53. The SMILES string of the molecule is COC(CCc1ccc(C)c(C)c1)(OC)OC. The third-order valence-corrected chi connectivity index (χ3v) is 3.22. The van der Waals surface area contributed by atoms with E-state index in [4.69, 9.17) is 14.2 Å². The van der Waals surface area contributed by atoms with Crippen LogP contribution < -0.4 is 0 Å². The smallest absolute Gasteiger partial charge is 0.282 e. The molecule has 0 N–H and O–H groups in total. The zero-order valence-corrected chi connectivity index (χ0v) is 11.4. The third-order valence-electron chi connectivity index (χ3n) is 3.22. The number of benzene rings is 1. The molecule has 0 aliphatic rings. The van der Waals surface area contributed by atoms with E-state index in [2.05, 4.69) is 32.0 Å². The summed E-state index contributed by atoms with van der Waals surface area (Å²) in [7, 11) is 4.77. The van der Waals surface area contributed by atoms with Gasteiger partial charge in [-0.2, -0.15) is 0 Å². The maximum Gasteiger partial charge on any atom is 0.282 e. The topological polar surface area (TPSA) is 27.7 Å². The average Bonchev–Trinajstić information content (AvgIpc) is 2.36. The summed E-state index contributed by atoms with van der Waals surface area (Å²) in [6.45, 7) is 4.23. The van der Waals surface area contributed by atoms with E-state index in [0.717, 1.165) is 6.42 Å². The minimum absolute atomic E-state index is 0.666. The maximum atomic E-state index is 5.27. The van der Waals surface area contributed by atoms with Gasteiger partial charge in [0.25, 0.3) is 5.97 Å². The van der Waals surface area contributed by atoms with E-state index >= 15 is 0 Å². The van der Waals surface area contributed by atoms with Crippen molar-refractivity contribution in [3.05, 3.63) is 34.9 Å². The fourth-order valence-corrected chi connectivity index (χ4v) is 1.81. The summed E-state index contributed by atoms with van der Waals surface area (Å²) >= 11 is 0. The molecule has 17 heavy (non-hydrogen) atoms. The Bertz CT molecular complexity index is 348. The number of aryl methyl sites for hydroxylation is 3.